The van der Waals surface area contributed by atoms with Crippen molar-refractivity contribution in [1.82, 2.24) is 4.72 Å². The Morgan fingerprint density at radius 2 is 2.00 bits per heavy atom. The highest BCUT2D eigenvalue weighted by Crippen LogP contribution is 2.22. The minimum absolute atomic E-state index is 0.148. The number of carbonyl (C=O) groups is 1. The van der Waals surface area contributed by atoms with E-state index in [-0.39, 0.29) is 24.3 Å². The Morgan fingerprint density at radius 3 is 2.50 bits per heavy atom. The second-order valence-corrected chi connectivity index (χ2v) is 6.67. The number of carboxylic acids is 1. The molecule has 1 rings (SSSR count). The van der Waals surface area contributed by atoms with Crippen molar-refractivity contribution in [3.05, 3.63) is 23.8 Å². The quantitative estimate of drug-likeness (QED) is 0.563. The van der Waals surface area contributed by atoms with Crippen molar-refractivity contribution in [3.8, 4) is 0 Å². The van der Waals surface area contributed by atoms with Gasteiger partial charge in [-0.2, -0.15) is 0 Å². The van der Waals surface area contributed by atoms with E-state index >= 15 is 0 Å². The summed E-state index contributed by atoms with van der Waals surface area (Å²) in [5, 5.41) is 18.0. The number of nitrogen functional groups attached to an aromatic ring is 1. The van der Waals surface area contributed by atoms with E-state index in [4.69, 9.17) is 15.9 Å². The molecule has 0 spiro atoms. The number of nitrogens with two attached hydrogens (primary N) is 1. The lowest BCUT2D eigenvalue weighted by molar-refractivity contribution is 0.0692. The van der Waals surface area contributed by atoms with Gasteiger partial charge in [0.2, 0.25) is 10.0 Å². The lowest BCUT2D eigenvalue weighted by Gasteiger charge is -2.25. The van der Waals surface area contributed by atoms with Gasteiger partial charge in [-0.1, -0.05) is 0 Å². The SMILES string of the molecule is CC(C)(CCO)NS(=O)(=O)c1cc(N)ccc1C(=O)O. The lowest BCUT2D eigenvalue weighted by atomic mass is 10.0. The van der Waals surface area contributed by atoms with Crippen LogP contribution in [0, 0.1) is 0 Å². The van der Waals surface area contributed by atoms with Crippen LogP contribution in [-0.4, -0.2) is 36.7 Å². The zero-order valence-corrected chi connectivity index (χ0v) is 12.1. The Bertz CT molecular complexity index is 610. The molecule has 0 saturated carbocycles. The van der Waals surface area contributed by atoms with Gasteiger partial charge in [-0.15, -0.1) is 0 Å². The van der Waals surface area contributed by atoms with Crippen molar-refractivity contribution in [2.24, 2.45) is 0 Å². The zero-order valence-electron chi connectivity index (χ0n) is 11.3. The van der Waals surface area contributed by atoms with Crippen molar-refractivity contribution in [2.45, 2.75) is 30.7 Å². The fourth-order valence-electron chi connectivity index (χ4n) is 1.69. The molecule has 0 unspecified atom stereocenters. The van der Waals surface area contributed by atoms with Crippen molar-refractivity contribution in [3.63, 3.8) is 0 Å². The van der Waals surface area contributed by atoms with E-state index in [1.54, 1.807) is 13.8 Å². The summed E-state index contributed by atoms with van der Waals surface area (Å²) in [6, 6.07) is 3.56. The van der Waals surface area contributed by atoms with Gasteiger partial charge in [0.05, 0.1) is 10.5 Å². The van der Waals surface area contributed by atoms with Gasteiger partial charge in [-0.3, -0.25) is 0 Å². The van der Waals surface area contributed by atoms with Crippen LogP contribution in [0.25, 0.3) is 0 Å². The van der Waals surface area contributed by atoms with E-state index in [2.05, 4.69) is 4.72 Å². The van der Waals surface area contributed by atoms with E-state index in [0.717, 1.165) is 12.1 Å². The maximum atomic E-state index is 12.3. The summed E-state index contributed by atoms with van der Waals surface area (Å²) < 4.78 is 26.9. The third-order valence-corrected chi connectivity index (χ3v) is 4.41. The molecule has 0 saturated heterocycles. The topological polar surface area (TPSA) is 130 Å². The van der Waals surface area contributed by atoms with Gasteiger partial charge in [0.15, 0.2) is 0 Å². The number of hydrogen-bond acceptors (Lipinski definition) is 5. The Morgan fingerprint density at radius 1 is 1.40 bits per heavy atom. The number of nitrogens with one attached hydrogen (secondary N) is 1. The number of carboxylic acid groups (broad SMARTS) is 1. The summed E-state index contributed by atoms with van der Waals surface area (Å²) in [7, 11) is -4.06. The largest absolute Gasteiger partial charge is 0.478 e. The van der Waals surface area contributed by atoms with Gasteiger partial charge in [0.1, 0.15) is 0 Å². The van der Waals surface area contributed by atoms with E-state index in [1.807, 2.05) is 0 Å². The maximum Gasteiger partial charge on any atom is 0.337 e. The molecule has 0 amide bonds. The molecule has 0 heterocycles. The van der Waals surface area contributed by atoms with Crippen LogP contribution < -0.4 is 10.5 Å². The highest BCUT2D eigenvalue weighted by atomic mass is 32.2. The molecule has 0 bridgehead atoms. The molecular formula is C12H18N2O5S. The van der Waals surface area contributed by atoms with Gasteiger partial charge >= 0.3 is 5.97 Å². The number of rotatable bonds is 6. The van der Waals surface area contributed by atoms with Gasteiger partial charge < -0.3 is 15.9 Å². The summed E-state index contributed by atoms with van der Waals surface area (Å²) in [5.74, 6) is -1.36. The predicted octanol–water partition coefficient (Wildman–Crippen LogP) is 0.406. The molecule has 0 aliphatic carbocycles. The van der Waals surface area contributed by atoms with Crippen molar-refractivity contribution in [2.75, 3.05) is 12.3 Å². The van der Waals surface area contributed by atoms with E-state index in [0.29, 0.717) is 0 Å². The summed E-state index contributed by atoms with van der Waals surface area (Å²) in [6.07, 6.45) is 0.191. The first-order chi connectivity index (χ1) is 9.09. The van der Waals surface area contributed by atoms with Crippen LogP contribution in [0.1, 0.15) is 30.6 Å². The minimum atomic E-state index is -4.06. The summed E-state index contributed by atoms with van der Waals surface area (Å²) in [6.45, 7) is 2.99. The first-order valence-corrected chi connectivity index (χ1v) is 7.35. The number of anilines is 1. The number of benzene rings is 1. The molecule has 0 aliphatic rings. The Hall–Kier alpha value is -1.64. The van der Waals surface area contributed by atoms with E-state index < -0.39 is 26.4 Å². The molecule has 20 heavy (non-hydrogen) atoms. The molecule has 8 heteroatoms. The molecular weight excluding hydrogens is 284 g/mol. The smallest absolute Gasteiger partial charge is 0.337 e. The molecule has 1 aromatic carbocycles. The summed E-state index contributed by atoms with van der Waals surface area (Å²) >= 11 is 0. The molecule has 0 aromatic heterocycles. The molecule has 5 N–H and O–H groups in total. The highest BCUT2D eigenvalue weighted by molar-refractivity contribution is 7.89. The molecule has 7 nitrogen and oxygen atoms in total. The first kappa shape index (κ1) is 16.4. The molecule has 0 radical (unpaired) electrons. The summed E-state index contributed by atoms with van der Waals surface area (Å²) in [5.41, 5.74) is 4.41. The average molecular weight is 302 g/mol. The normalized spacial score (nSPS) is 12.3. The Labute approximate surface area is 117 Å². The number of aromatic carboxylic acids is 1. The van der Waals surface area contributed by atoms with Crippen LogP contribution >= 0.6 is 0 Å². The molecule has 1 aromatic rings. The Balaban J connectivity index is 3.28. The van der Waals surface area contributed by atoms with Gasteiger partial charge in [-0.25, -0.2) is 17.9 Å². The van der Waals surface area contributed by atoms with Crippen LogP contribution in [-0.2, 0) is 10.0 Å². The van der Waals surface area contributed by atoms with Crippen LogP contribution in [0.2, 0.25) is 0 Å². The fraction of sp³-hybridized carbons (Fsp3) is 0.417. The summed E-state index contributed by atoms with van der Waals surface area (Å²) in [4.78, 5) is 10.7. The average Bonchev–Trinajstić information content (AvgIpc) is 2.26. The third-order valence-electron chi connectivity index (χ3n) is 2.67. The number of aliphatic hydroxyl groups excluding tert-OH is 1. The Kier molecular flexibility index (Phi) is 4.74. The minimum Gasteiger partial charge on any atom is -0.478 e. The second kappa shape index (κ2) is 5.78. The molecule has 112 valence electrons. The fourth-order valence-corrected chi connectivity index (χ4v) is 3.36. The maximum absolute atomic E-state index is 12.3. The number of hydrogen-bond donors (Lipinski definition) is 4. The van der Waals surface area contributed by atoms with E-state index in [1.165, 1.54) is 6.07 Å². The van der Waals surface area contributed by atoms with Crippen LogP contribution in [0.4, 0.5) is 5.69 Å². The van der Waals surface area contributed by atoms with E-state index in [9.17, 15) is 13.2 Å². The first-order valence-electron chi connectivity index (χ1n) is 5.87. The number of aliphatic hydroxyl groups is 1. The monoisotopic (exact) mass is 302 g/mol. The van der Waals surface area contributed by atoms with Crippen molar-refractivity contribution < 1.29 is 23.4 Å². The standard InChI is InChI=1S/C12H18N2O5S/c1-12(2,5-6-15)14-20(18,19)10-7-8(13)3-4-9(10)11(16)17/h3-4,7,14-15H,5-6,13H2,1-2H3,(H,16,17). The van der Waals surface area contributed by atoms with Crippen LogP contribution in [0.15, 0.2) is 23.1 Å². The second-order valence-electron chi connectivity index (χ2n) is 5.02. The predicted molar refractivity (Wildman–Crippen MR) is 73.9 cm³/mol. The van der Waals surface area contributed by atoms with Gasteiger partial charge in [-0.05, 0) is 38.5 Å². The molecule has 0 fully saturated rings. The zero-order chi connectivity index (χ0) is 15.6. The number of sulfonamides is 1. The third kappa shape index (κ3) is 3.92. The van der Waals surface area contributed by atoms with Gasteiger partial charge in [0.25, 0.3) is 0 Å². The lowest BCUT2D eigenvalue weighted by Crippen LogP contribution is -2.44. The van der Waals surface area contributed by atoms with Gasteiger partial charge in [0, 0.05) is 17.8 Å². The molecule has 0 aliphatic heterocycles. The van der Waals surface area contributed by atoms with Crippen molar-refractivity contribution >= 4 is 21.7 Å². The van der Waals surface area contributed by atoms with Crippen LogP contribution in [0.5, 0.6) is 0 Å². The molecule has 0 atom stereocenters. The highest BCUT2D eigenvalue weighted by Gasteiger charge is 2.29. The van der Waals surface area contributed by atoms with Crippen molar-refractivity contribution in [1.29, 1.82) is 0 Å². The van der Waals surface area contributed by atoms with Crippen LogP contribution in [0.3, 0.4) is 0 Å².